The average molecular weight is 249 g/mol. The molecule has 1 aliphatic carbocycles. The van der Waals surface area contributed by atoms with Crippen LogP contribution in [0.15, 0.2) is 24.0 Å². The molecule has 18 heavy (non-hydrogen) atoms. The van der Waals surface area contributed by atoms with Crippen LogP contribution in [-0.4, -0.2) is 19.7 Å². The summed E-state index contributed by atoms with van der Waals surface area (Å²) < 4.78 is 5.85. The fraction of sp³-hybridized carbons (Fsp3) is 0.750. The van der Waals surface area contributed by atoms with E-state index in [9.17, 15) is 0 Å². The molecule has 102 valence electrons. The van der Waals surface area contributed by atoms with Crippen LogP contribution in [-0.2, 0) is 4.74 Å². The van der Waals surface area contributed by atoms with Crippen LogP contribution >= 0.6 is 0 Å². The molecule has 0 aromatic carbocycles. The maximum absolute atomic E-state index is 5.85. The molecule has 0 amide bonds. The second-order valence-corrected chi connectivity index (χ2v) is 5.83. The third kappa shape index (κ3) is 4.16. The Morgan fingerprint density at radius 3 is 2.72 bits per heavy atom. The quantitative estimate of drug-likeness (QED) is 0.753. The molecule has 1 saturated heterocycles. The predicted octanol–water partition coefficient (Wildman–Crippen LogP) is 3.51. The van der Waals surface area contributed by atoms with Gasteiger partial charge in [0.15, 0.2) is 0 Å². The highest BCUT2D eigenvalue weighted by molar-refractivity contribution is 5.19. The lowest BCUT2D eigenvalue weighted by molar-refractivity contribution is 0.200. The van der Waals surface area contributed by atoms with Crippen molar-refractivity contribution in [1.29, 1.82) is 0 Å². The highest BCUT2D eigenvalue weighted by Crippen LogP contribution is 2.23. The number of nitrogens with one attached hydrogen (secondary N) is 1. The Labute approximate surface area is 111 Å². The molecule has 1 fully saturated rings. The van der Waals surface area contributed by atoms with Gasteiger partial charge in [-0.25, -0.2) is 0 Å². The van der Waals surface area contributed by atoms with E-state index in [2.05, 4.69) is 37.4 Å². The molecule has 0 aromatic heterocycles. The molecular weight excluding hydrogens is 222 g/mol. The molecule has 0 bridgehead atoms. The number of rotatable bonds is 5. The van der Waals surface area contributed by atoms with E-state index >= 15 is 0 Å². The van der Waals surface area contributed by atoms with Crippen LogP contribution in [0.5, 0.6) is 0 Å². The van der Waals surface area contributed by atoms with Crippen LogP contribution in [0.3, 0.4) is 0 Å². The zero-order chi connectivity index (χ0) is 12.8. The van der Waals surface area contributed by atoms with Gasteiger partial charge in [0, 0.05) is 0 Å². The smallest absolute Gasteiger partial charge is 0.115 e. The Bertz CT molecular complexity index is 302. The van der Waals surface area contributed by atoms with E-state index in [0.29, 0.717) is 11.8 Å². The van der Waals surface area contributed by atoms with Gasteiger partial charge < -0.3 is 10.1 Å². The summed E-state index contributed by atoms with van der Waals surface area (Å²) >= 11 is 0. The molecular formula is C16H27NO. The lowest BCUT2D eigenvalue weighted by Gasteiger charge is -2.23. The third-order valence-electron chi connectivity index (χ3n) is 4.30. The van der Waals surface area contributed by atoms with Crippen LogP contribution in [0.2, 0.25) is 0 Å². The SMILES string of the molecule is C[C@@H]1C=C(OCCCC2CCNCC2)C=C[C@@H]1C. The van der Waals surface area contributed by atoms with Crippen LogP contribution in [0.4, 0.5) is 0 Å². The Hall–Kier alpha value is -0.760. The van der Waals surface area contributed by atoms with Gasteiger partial charge >= 0.3 is 0 Å². The standard InChI is InChI=1S/C16H27NO/c1-13-5-6-16(12-14(13)2)18-11-3-4-15-7-9-17-10-8-15/h5-6,12-15,17H,3-4,7-11H2,1-2H3/t13-,14+/m0/s1. The van der Waals surface area contributed by atoms with E-state index in [1.807, 2.05) is 0 Å². The minimum atomic E-state index is 0.606. The molecule has 0 radical (unpaired) electrons. The lowest BCUT2D eigenvalue weighted by atomic mass is 9.91. The van der Waals surface area contributed by atoms with Crippen molar-refractivity contribution in [2.45, 2.75) is 39.5 Å². The summed E-state index contributed by atoms with van der Waals surface area (Å²) in [6, 6.07) is 0. The van der Waals surface area contributed by atoms with E-state index in [1.165, 1.54) is 38.8 Å². The van der Waals surface area contributed by atoms with Gasteiger partial charge in [-0.2, -0.15) is 0 Å². The van der Waals surface area contributed by atoms with Crippen molar-refractivity contribution in [2.24, 2.45) is 17.8 Å². The highest BCUT2D eigenvalue weighted by atomic mass is 16.5. The van der Waals surface area contributed by atoms with Gasteiger partial charge in [0.25, 0.3) is 0 Å². The van der Waals surface area contributed by atoms with Gasteiger partial charge in [-0.1, -0.05) is 19.9 Å². The minimum Gasteiger partial charge on any atom is -0.494 e. The number of piperidine rings is 1. The fourth-order valence-corrected chi connectivity index (χ4v) is 2.72. The zero-order valence-corrected chi connectivity index (χ0v) is 11.8. The summed E-state index contributed by atoms with van der Waals surface area (Å²) in [5.74, 6) is 3.25. The summed E-state index contributed by atoms with van der Waals surface area (Å²) in [5, 5.41) is 3.42. The lowest BCUT2D eigenvalue weighted by Crippen LogP contribution is -2.27. The van der Waals surface area contributed by atoms with Gasteiger partial charge in [0.1, 0.15) is 5.76 Å². The molecule has 1 heterocycles. The predicted molar refractivity (Wildman–Crippen MR) is 76.3 cm³/mol. The Morgan fingerprint density at radius 1 is 1.22 bits per heavy atom. The minimum absolute atomic E-state index is 0.606. The van der Waals surface area contributed by atoms with E-state index in [0.717, 1.165) is 18.3 Å². The van der Waals surface area contributed by atoms with Gasteiger partial charge in [0.2, 0.25) is 0 Å². The molecule has 0 saturated carbocycles. The molecule has 0 aromatic rings. The van der Waals surface area contributed by atoms with E-state index < -0.39 is 0 Å². The topological polar surface area (TPSA) is 21.3 Å². The summed E-state index contributed by atoms with van der Waals surface area (Å²) in [4.78, 5) is 0. The molecule has 2 aliphatic rings. The van der Waals surface area contributed by atoms with Crippen LogP contribution in [0, 0.1) is 17.8 Å². The first-order chi connectivity index (χ1) is 8.75. The Kier molecular flexibility index (Phi) is 5.30. The number of allylic oxidation sites excluding steroid dienone is 3. The monoisotopic (exact) mass is 249 g/mol. The van der Waals surface area contributed by atoms with Crippen molar-refractivity contribution in [3.05, 3.63) is 24.0 Å². The molecule has 0 unspecified atom stereocenters. The Morgan fingerprint density at radius 2 is 2.00 bits per heavy atom. The maximum atomic E-state index is 5.85. The van der Waals surface area contributed by atoms with Gasteiger partial charge in [-0.3, -0.25) is 0 Å². The first-order valence-corrected chi connectivity index (χ1v) is 7.49. The highest BCUT2D eigenvalue weighted by Gasteiger charge is 2.14. The van der Waals surface area contributed by atoms with E-state index in [1.54, 1.807) is 0 Å². The van der Waals surface area contributed by atoms with Crippen molar-refractivity contribution >= 4 is 0 Å². The molecule has 2 atom stereocenters. The largest absolute Gasteiger partial charge is 0.494 e. The summed E-state index contributed by atoms with van der Waals surface area (Å²) in [6.07, 6.45) is 11.9. The maximum Gasteiger partial charge on any atom is 0.115 e. The number of hydrogen-bond acceptors (Lipinski definition) is 2. The first-order valence-electron chi connectivity index (χ1n) is 7.49. The Balaban J connectivity index is 1.61. The normalized spacial score (nSPS) is 29.1. The van der Waals surface area contributed by atoms with Crippen molar-refractivity contribution < 1.29 is 4.74 Å². The average Bonchev–Trinajstić information content (AvgIpc) is 2.40. The van der Waals surface area contributed by atoms with Crippen molar-refractivity contribution in [3.8, 4) is 0 Å². The van der Waals surface area contributed by atoms with Crippen molar-refractivity contribution in [1.82, 2.24) is 5.32 Å². The molecule has 1 aliphatic heterocycles. The number of ether oxygens (including phenoxy) is 1. The molecule has 2 nitrogen and oxygen atoms in total. The summed E-state index contributed by atoms with van der Waals surface area (Å²) in [7, 11) is 0. The molecule has 0 spiro atoms. The zero-order valence-electron chi connectivity index (χ0n) is 11.8. The first kappa shape index (κ1) is 13.7. The van der Waals surface area contributed by atoms with E-state index in [4.69, 9.17) is 4.74 Å². The van der Waals surface area contributed by atoms with Gasteiger partial charge in [-0.15, -0.1) is 0 Å². The molecule has 2 heteroatoms. The van der Waals surface area contributed by atoms with Crippen molar-refractivity contribution in [2.75, 3.05) is 19.7 Å². The second-order valence-electron chi connectivity index (χ2n) is 5.83. The second kappa shape index (κ2) is 6.98. The third-order valence-corrected chi connectivity index (χ3v) is 4.30. The van der Waals surface area contributed by atoms with Crippen molar-refractivity contribution in [3.63, 3.8) is 0 Å². The van der Waals surface area contributed by atoms with Crippen LogP contribution < -0.4 is 5.32 Å². The number of hydrogen-bond donors (Lipinski definition) is 1. The van der Waals surface area contributed by atoms with E-state index in [-0.39, 0.29) is 0 Å². The van der Waals surface area contributed by atoms with Crippen LogP contribution in [0.25, 0.3) is 0 Å². The van der Waals surface area contributed by atoms with Gasteiger partial charge in [-0.05, 0) is 68.7 Å². The molecule has 1 N–H and O–H groups in total. The summed E-state index contributed by atoms with van der Waals surface area (Å²) in [6.45, 7) is 7.79. The fourth-order valence-electron chi connectivity index (χ4n) is 2.72. The van der Waals surface area contributed by atoms with Gasteiger partial charge in [0.05, 0.1) is 6.61 Å². The summed E-state index contributed by atoms with van der Waals surface area (Å²) in [5.41, 5.74) is 0. The molecule has 2 rings (SSSR count). The van der Waals surface area contributed by atoms with Crippen LogP contribution in [0.1, 0.15) is 39.5 Å².